The predicted octanol–water partition coefficient (Wildman–Crippen LogP) is 4.63. The molecule has 24 heavy (non-hydrogen) atoms. The van der Waals surface area contributed by atoms with Gasteiger partial charge in [-0.3, -0.25) is 4.79 Å². The van der Waals surface area contributed by atoms with Crippen molar-refractivity contribution < 1.29 is 14.3 Å². The van der Waals surface area contributed by atoms with Crippen LogP contribution in [0.3, 0.4) is 0 Å². The van der Waals surface area contributed by atoms with Crippen LogP contribution >= 0.6 is 23.2 Å². The van der Waals surface area contributed by atoms with E-state index in [-0.39, 0.29) is 10.9 Å². The average molecular weight is 369 g/mol. The van der Waals surface area contributed by atoms with E-state index in [2.05, 4.69) is 5.32 Å². The highest BCUT2D eigenvalue weighted by molar-refractivity contribution is 6.37. The topological polar surface area (TPSA) is 73.6 Å². The lowest BCUT2D eigenvalue weighted by Gasteiger charge is -2.16. The fraction of sp³-hybridized carbons (Fsp3) is 0.235. The number of nitrogens with one attached hydrogen (secondary N) is 1. The third-order valence-electron chi connectivity index (χ3n) is 3.14. The van der Waals surface area contributed by atoms with E-state index >= 15 is 0 Å². The Morgan fingerprint density at radius 1 is 1.08 bits per heavy atom. The van der Waals surface area contributed by atoms with Gasteiger partial charge in [0.05, 0.1) is 35.2 Å². The van der Waals surface area contributed by atoms with Gasteiger partial charge in [0.2, 0.25) is 0 Å². The molecule has 5 nitrogen and oxygen atoms in total. The molecular weight excluding hydrogens is 351 g/mol. The lowest BCUT2D eigenvalue weighted by Crippen LogP contribution is -2.14. The maximum Gasteiger partial charge on any atom is 0.257 e. The van der Waals surface area contributed by atoms with Crippen molar-refractivity contribution in [1.82, 2.24) is 0 Å². The maximum atomic E-state index is 12.5. The molecule has 0 saturated heterocycles. The Bertz CT molecular complexity index is 751. The fourth-order valence-electron chi connectivity index (χ4n) is 2.09. The van der Waals surface area contributed by atoms with Crippen molar-refractivity contribution in [3.8, 4) is 11.5 Å². The number of nitrogens with two attached hydrogens (primary N) is 1. The lowest BCUT2D eigenvalue weighted by atomic mass is 10.2. The summed E-state index contributed by atoms with van der Waals surface area (Å²) in [5.74, 6) is 0.542. The summed E-state index contributed by atoms with van der Waals surface area (Å²) in [6.45, 7) is 4.57. The highest BCUT2D eigenvalue weighted by Crippen LogP contribution is 2.35. The van der Waals surface area contributed by atoms with Crippen LogP contribution in [0.1, 0.15) is 24.2 Å². The molecule has 2 aromatic carbocycles. The van der Waals surface area contributed by atoms with Gasteiger partial charge >= 0.3 is 0 Å². The Kier molecular flexibility index (Phi) is 6.17. The first-order chi connectivity index (χ1) is 11.5. The molecular formula is C17H18Cl2N2O3. The number of benzene rings is 2. The van der Waals surface area contributed by atoms with Crippen LogP contribution in [0.2, 0.25) is 10.0 Å². The quantitative estimate of drug-likeness (QED) is 0.729. The molecule has 7 heteroatoms. The number of carbonyl (C=O) groups is 1. The summed E-state index contributed by atoms with van der Waals surface area (Å²) in [4.78, 5) is 12.5. The van der Waals surface area contributed by atoms with Crippen LogP contribution in [-0.2, 0) is 0 Å². The molecule has 0 bridgehead atoms. The summed E-state index contributed by atoms with van der Waals surface area (Å²) < 4.78 is 11.0. The Morgan fingerprint density at radius 2 is 1.75 bits per heavy atom. The number of nitrogen functional groups attached to an aromatic ring is 1. The highest BCUT2D eigenvalue weighted by Gasteiger charge is 2.16. The molecule has 0 aliphatic heterocycles. The zero-order valence-electron chi connectivity index (χ0n) is 13.4. The van der Waals surface area contributed by atoms with Crippen LogP contribution in [0.25, 0.3) is 0 Å². The Hall–Kier alpha value is -2.11. The van der Waals surface area contributed by atoms with Gasteiger partial charge in [-0.05, 0) is 32.0 Å². The summed E-state index contributed by atoms with van der Waals surface area (Å²) in [5, 5.41) is 3.49. The Balaban J connectivity index is 2.35. The van der Waals surface area contributed by atoms with E-state index in [4.69, 9.17) is 38.4 Å². The van der Waals surface area contributed by atoms with E-state index in [1.54, 1.807) is 24.3 Å². The van der Waals surface area contributed by atoms with E-state index in [9.17, 15) is 4.79 Å². The summed E-state index contributed by atoms with van der Waals surface area (Å²) >= 11 is 11.9. The van der Waals surface area contributed by atoms with Gasteiger partial charge in [-0.25, -0.2) is 0 Å². The van der Waals surface area contributed by atoms with Gasteiger partial charge in [0, 0.05) is 17.2 Å². The van der Waals surface area contributed by atoms with Crippen molar-refractivity contribution in [3.05, 3.63) is 45.9 Å². The number of amides is 1. The molecule has 0 aromatic heterocycles. The van der Waals surface area contributed by atoms with Crippen LogP contribution in [0, 0.1) is 0 Å². The van der Waals surface area contributed by atoms with Gasteiger partial charge in [0.15, 0.2) is 0 Å². The van der Waals surface area contributed by atoms with Crippen molar-refractivity contribution in [1.29, 1.82) is 0 Å². The monoisotopic (exact) mass is 368 g/mol. The van der Waals surface area contributed by atoms with Crippen molar-refractivity contribution in [3.63, 3.8) is 0 Å². The Labute approximate surface area is 150 Å². The molecule has 0 aliphatic rings. The van der Waals surface area contributed by atoms with Gasteiger partial charge in [0.1, 0.15) is 11.5 Å². The van der Waals surface area contributed by atoms with Crippen molar-refractivity contribution in [2.24, 2.45) is 0 Å². The molecule has 1 amide bonds. The molecule has 0 saturated carbocycles. The number of hydrogen-bond donors (Lipinski definition) is 2. The van der Waals surface area contributed by atoms with Gasteiger partial charge in [-0.2, -0.15) is 0 Å². The molecule has 0 fully saturated rings. The SMILES string of the molecule is CCOc1cc(NC(=O)c2ccc(Cl)cc2Cl)c(OCC)cc1N. The average Bonchev–Trinajstić information content (AvgIpc) is 2.52. The van der Waals surface area contributed by atoms with Crippen molar-refractivity contribution in [2.75, 3.05) is 24.3 Å². The van der Waals surface area contributed by atoms with Crippen LogP contribution in [0.5, 0.6) is 11.5 Å². The molecule has 0 radical (unpaired) electrons. The molecule has 3 N–H and O–H groups in total. The maximum absolute atomic E-state index is 12.5. The first-order valence-corrected chi connectivity index (χ1v) is 8.17. The number of halogens is 2. The van der Waals surface area contributed by atoms with Crippen molar-refractivity contribution >= 4 is 40.5 Å². The summed E-state index contributed by atoms with van der Waals surface area (Å²) in [5.41, 5.74) is 7.12. The molecule has 0 unspecified atom stereocenters. The smallest absolute Gasteiger partial charge is 0.257 e. The van der Waals surface area contributed by atoms with Gasteiger partial charge in [-0.15, -0.1) is 0 Å². The number of anilines is 2. The largest absolute Gasteiger partial charge is 0.492 e. The first kappa shape index (κ1) is 18.2. The van der Waals surface area contributed by atoms with E-state index in [0.29, 0.717) is 46.7 Å². The van der Waals surface area contributed by atoms with E-state index in [0.717, 1.165) is 0 Å². The Morgan fingerprint density at radius 3 is 2.38 bits per heavy atom. The second-order valence-corrected chi connectivity index (χ2v) is 5.67. The van der Waals surface area contributed by atoms with Gasteiger partial charge in [0.25, 0.3) is 5.91 Å². The zero-order chi connectivity index (χ0) is 17.7. The second-order valence-electron chi connectivity index (χ2n) is 4.83. The van der Waals surface area contributed by atoms with Crippen LogP contribution < -0.4 is 20.5 Å². The van der Waals surface area contributed by atoms with Crippen molar-refractivity contribution in [2.45, 2.75) is 13.8 Å². The number of hydrogen-bond acceptors (Lipinski definition) is 4. The highest BCUT2D eigenvalue weighted by atomic mass is 35.5. The van der Waals surface area contributed by atoms with Crippen LogP contribution in [0.15, 0.2) is 30.3 Å². The number of rotatable bonds is 6. The molecule has 0 spiro atoms. The molecule has 128 valence electrons. The number of ether oxygens (including phenoxy) is 2. The molecule has 0 atom stereocenters. The fourth-order valence-corrected chi connectivity index (χ4v) is 2.59. The molecule has 2 aromatic rings. The molecule has 0 heterocycles. The molecule has 2 rings (SSSR count). The summed E-state index contributed by atoms with van der Waals surface area (Å²) in [7, 11) is 0. The molecule has 0 aliphatic carbocycles. The second kappa shape index (κ2) is 8.13. The standard InChI is InChI=1S/C17H18Cl2N2O3/c1-3-23-15-9-14(16(24-4-2)8-13(15)20)21-17(22)11-6-5-10(18)7-12(11)19/h5-9H,3-4,20H2,1-2H3,(H,21,22). The van der Waals surface area contributed by atoms with Gasteiger partial charge in [-0.1, -0.05) is 23.2 Å². The van der Waals surface area contributed by atoms with Crippen LogP contribution in [-0.4, -0.2) is 19.1 Å². The normalized spacial score (nSPS) is 10.3. The first-order valence-electron chi connectivity index (χ1n) is 7.41. The third kappa shape index (κ3) is 4.24. The predicted molar refractivity (Wildman–Crippen MR) is 97.6 cm³/mol. The van der Waals surface area contributed by atoms with E-state index < -0.39 is 0 Å². The van der Waals surface area contributed by atoms with E-state index in [1.807, 2.05) is 13.8 Å². The minimum atomic E-state index is -0.384. The minimum Gasteiger partial charge on any atom is -0.492 e. The van der Waals surface area contributed by atoms with Crippen LogP contribution in [0.4, 0.5) is 11.4 Å². The summed E-state index contributed by atoms with van der Waals surface area (Å²) in [6.07, 6.45) is 0. The lowest BCUT2D eigenvalue weighted by molar-refractivity contribution is 0.102. The summed E-state index contributed by atoms with van der Waals surface area (Å²) in [6, 6.07) is 7.91. The van der Waals surface area contributed by atoms with Gasteiger partial charge < -0.3 is 20.5 Å². The third-order valence-corrected chi connectivity index (χ3v) is 3.68. The van der Waals surface area contributed by atoms with E-state index in [1.165, 1.54) is 6.07 Å². The minimum absolute atomic E-state index is 0.262. The number of carbonyl (C=O) groups excluding carboxylic acids is 1. The zero-order valence-corrected chi connectivity index (χ0v) is 14.9.